The van der Waals surface area contributed by atoms with E-state index in [1.807, 2.05) is 19.1 Å². The van der Waals surface area contributed by atoms with E-state index in [-0.39, 0.29) is 5.97 Å². The Bertz CT molecular complexity index is 651. The number of rotatable bonds is 3. The molecule has 1 aliphatic rings. The number of esters is 1. The molecule has 0 bridgehead atoms. The Morgan fingerprint density at radius 3 is 2.76 bits per heavy atom. The topological polar surface area (TPSA) is 29.5 Å². The second-order valence-electron chi connectivity index (χ2n) is 5.21. The Kier molecular flexibility index (Phi) is 3.91. The lowest BCUT2D eigenvalue weighted by molar-refractivity contribution is 0.0526. The molecular weight excluding hydrogens is 262 g/mol. The van der Waals surface area contributed by atoms with E-state index in [1.165, 1.54) is 11.1 Å². The summed E-state index contributed by atoms with van der Waals surface area (Å²) in [6.07, 6.45) is 1.04. The Hall–Kier alpha value is -2.29. The highest BCUT2D eigenvalue weighted by atomic mass is 16.5. The first kappa shape index (κ1) is 13.7. The lowest BCUT2D eigenvalue weighted by atomic mass is 9.99. The number of ether oxygens (including phenoxy) is 1. The molecule has 1 heterocycles. The van der Waals surface area contributed by atoms with Crippen molar-refractivity contribution in [3.05, 3.63) is 65.2 Å². The van der Waals surface area contributed by atoms with Crippen molar-refractivity contribution < 1.29 is 9.53 Å². The van der Waals surface area contributed by atoms with Crippen LogP contribution in [0.5, 0.6) is 0 Å². The molecule has 3 rings (SSSR count). The number of benzene rings is 2. The standard InChI is InChI=1S/C18H19NO2/c1-2-21-18(20)15-8-5-9-17(12-15)19-11-10-14-6-3-4-7-16(14)13-19/h3-9,12H,2,10-11,13H2,1H3. The summed E-state index contributed by atoms with van der Waals surface area (Å²) in [6, 6.07) is 16.2. The molecule has 0 spiro atoms. The summed E-state index contributed by atoms with van der Waals surface area (Å²) in [6.45, 7) is 4.09. The third-order valence-electron chi connectivity index (χ3n) is 3.85. The van der Waals surface area contributed by atoms with Crippen molar-refractivity contribution >= 4 is 11.7 Å². The molecular formula is C18H19NO2. The molecule has 1 aliphatic heterocycles. The van der Waals surface area contributed by atoms with Gasteiger partial charge in [-0.3, -0.25) is 0 Å². The van der Waals surface area contributed by atoms with Gasteiger partial charge in [0.1, 0.15) is 0 Å². The Balaban J connectivity index is 1.82. The molecule has 108 valence electrons. The number of hydrogen-bond donors (Lipinski definition) is 0. The third kappa shape index (κ3) is 2.92. The fraction of sp³-hybridized carbons (Fsp3) is 0.278. The summed E-state index contributed by atoms with van der Waals surface area (Å²) in [7, 11) is 0. The van der Waals surface area contributed by atoms with E-state index < -0.39 is 0 Å². The van der Waals surface area contributed by atoms with Crippen molar-refractivity contribution in [3.63, 3.8) is 0 Å². The predicted octanol–water partition coefficient (Wildman–Crippen LogP) is 3.43. The van der Waals surface area contributed by atoms with Crippen molar-refractivity contribution in [1.29, 1.82) is 0 Å². The van der Waals surface area contributed by atoms with E-state index in [0.29, 0.717) is 12.2 Å². The van der Waals surface area contributed by atoms with E-state index in [2.05, 4.69) is 35.2 Å². The van der Waals surface area contributed by atoms with Crippen LogP contribution in [0.3, 0.4) is 0 Å². The first-order valence-electron chi connectivity index (χ1n) is 7.37. The van der Waals surface area contributed by atoms with Gasteiger partial charge in [-0.15, -0.1) is 0 Å². The minimum Gasteiger partial charge on any atom is -0.462 e. The maximum Gasteiger partial charge on any atom is 0.338 e. The summed E-state index contributed by atoms with van der Waals surface area (Å²) in [5.41, 5.74) is 4.49. The van der Waals surface area contributed by atoms with Gasteiger partial charge in [0.2, 0.25) is 0 Å². The van der Waals surface area contributed by atoms with Crippen molar-refractivity contribution in [2.24, 2.45) is 0 Å². The Morgan fingerprint density at radius 1 is 1.14 bits per heavy atom. The zero-order valence-corrected chi connectivity index (χ0v) is 12.2. The highest BCUT2D eigenvalue weighted by molar-refractivity contribution is 5.90. The normalized spacial score (nSPS) is 13.7. The van der Waals surface area contributed by atoms with Crippen LogP contribution >= 0.6 is 0 Å². The van der Waals surface area contributed by atoms with Gasteiger partial charge in [-0.2, -0.15) is 0 Å². The molecule has 21 heavy (non-hydrogen) atoms. The van der Waals surface area contributed by atoms with E-state index in [9.17, 15) is 4.79 Å². The Morgan fingerprint density at radius 2 is 1.95 bits per heavy atom. The lowest BCUT2D eigenvalue weighted by Gasteiger charge is -2.31. The van der Waals surface area contributed by atoms with Crippen LogP contribution in [0.15, 0.2) is 48.5 Å². The monoisotopic (exact) mass is 281 g/mol. The van der Waals surface area contributed by atoms with Gasteiger partial charge < -0.3 is 9.64 Å². The van der Waals surface area contributed by atoms with Crippen LogP contribution in [0.2, 0.25) is 0 Å². The fourth-order valence-electron chi connectivity index (χ4n) is 2.76. The summed E-state index contributed by atoms with van der Waals surface area (Å²) >= 11 is 0. The third-order valence-corrected chi connectivity index (χ3v) is 3.85. The minimum absolute atomic E-state index is 0.253. The van der Waals surface area contributed by atoms with Gasteiger partial charge in [0.05, 0.1) is 12.2 Å². The van der Waals surface area contributed by atoms with Gasteiger partial charge >= 0.3 is 5.97 Å². The molecule has 0 atom stereocenters. The SMILES string of the molecule is CCOC(=O)c1cccc(N2CCc3ccccc3C2)c1. The number of hydrogen-bond acceptors (Lipinski definition) is 3. The minimum atomic E-state index is -0.253. The maximum absolute atomic E-state index is 11.8. The molecule has 0 aromatic heterocycles. The van der Waals surface area contributed by atoms with Crippen LogP contribution < -0.4 is 4.90 Å². The second-order valence-corrected chi connectivity index (χ2v) is 5.21. The van der Waals surface area contributed by atoms with Crippen molar-refractivity contribution in [2.75, 3.05) is 18.1 Å². The van der Waals surface area contributed by atoms with Crippen LogP contribution in [0, 0.1) is 0 Å². The molecule has 0 aliphatic carbocycles. The van der Waals surface area contributed by atoms with Crippen LogP contribution in [-0.4, -0.2) is 19.1 Å². The second kappa shape index (κ2) is 6.00. The molecule has 0 N–H and O–H groups in total. The zero-order valence-electron chi connectivity index (χ0n) is 12.2. The first-order chi connectivity index (χ1) is 10.3. The van der Waals surface area contributed by atoms with Gasteiger partial charge in [-0.25, -0.2) is 4.79 Å². The quantitative estimate of drug-likeness (QED) is 0.807. The van der Waals surface area contributed by atoms with Crippen LogP contribution in [-0.2, 0) is 17.7 Å². The van der Waals surface area contributed by atoms with Gasteiger partial charge in [0.25, 0.3) is 0 Å². The molecule has 3 heteroatoms. The summed E-state index contributed by atoms with van der Waals surface area (Å²) in [5, 5.41) is 0. The first-order valence-corrected chi connectivity index (χ1v) is 7.37. The molecule has 2 aromatic carbocycles. The molecule has 3 nitrogen and oxygen atoms in total. The van der Waals surface area contributed by atoms with Gasteiger partial charge in [-0.05, 0) is 42.7 Å². The zero-order chi connectivity index (χ0) is 14.7. The largest absolute Gasteiger partial charge is 0.462 e. The smallest absolute Gasteiger partial charge is 0.338 e. The number of nitrogens with zero attached hydrogens (tertiary/aromatic N) is 1. The molecule has 0 unspecified atom stereocenters. The van der Waals surface area contributed by atoms with E-state index in [0.717, 1.165) is 25.2 Å². The summed E-state index contributed by atoms with van der Waals surface area (Å²) in [4.78, 5) is 14.1. The maximum atomic E-state index is 11.8. The molecule has 0 saturated heterocycles. The molecule has 2 aromatic rings. The highest BCUT2D eigenvalue weighted by Crippen LogP contribution is 2.25. The van der Waals surface area contributed by atoms with Crippen LogP contribution in [0.25, 0.3) is 0 Å². The highest BCUT2D eigenvalue weighted by Gasteiger charge is 2.17. The number of carbonyl (C=O) groups is 1. The van der Waals surface area contributed by atoms with Crippen molar-refractivity contribution in [1.82, 2.24) is 0 Å². The lowest BCUT2D eigenvalue weighted by Crippen LogP contribution is -2.30. The van der Waals surface area contributed by atoms with E-state index in [1.54, 1.807) is 6.07 Å². The molecule has 0 radical (unpaired) electrons. The average molecular weight is 281 g/mol. The van der Waals surface area contributed by atoms with Crippen LogP contribution in [0.4, 0.5) is 5.69 Å². The molecule has 0 saturated carbocycles. The number of fused-ring (bicyclic) bond motifs is 1. The number of carbonyl (C=O) groups excluding carboxylic acids is 1. The molecule has 0 fully saturated rings. The average Bonchev–Trinajstić information content (AvgIpc) is 2.55. The van der Waals surface area contributed by atoms with E-state index >= 15 is 0 Å². The van der Waals surface area contributed by atoms with Gasteiger partial charge in [-0.1, -0.05) is 30.3 Å². The van der Waals surface area contributed by atoms with Gasteiger partial charge in [0.15, 0.2) is 0 Å². The molecule has 0 amide bonds. The predicted molar refractivity (Wildman–Crippen MR) is 83.6 cm³/mol. The summed E-state index contributed by atoms with van der Waals surface area (Å²) < 4.78 is 5.07. The van der Waals surface area contributed by atoms with Crippen molar-refractivity contribution in [3.8, 4) is 0 Å². The fourth-order valence-corrected chi connectivity index (χ4v) is 2.76. The summed E-state index contributed by atoms with van der Waals surface area (Å²) in [5.74, 6) is -0.253. The number of anilines is 1. The van der Waals surface area contributed by atoms with E-state index in [4.69, 9.17) is 4.74 Å². The van der Waals surface area contributed by atoms with Crippen LogP contribution in [0.1, 0.15) is 28.4 Å². The van der Waals surface area contributed by atoms with Crippen molar-refractivity contribution in [2.45, 2.75) is 19.9 Å². The van der Waals surface area contributed by atoms with Gasteiger partial charge in [0, 0.05) is 18.8 Å². The Labute approximate surface area is 125 Å².